The first-order valence-electron chi connectivity index (χ1n) is 6.04. The molecule has 0 N–H and O–H groups in total. The average molecular weight is 214 g/mol. The summed E-state index contributed by atoms with van der Waals surface area (Å²) in [6.07, 6.45) is 8.11. The quantitative estimate of drug-likeness (QED) is 0.749. The van der Waals surface area contributed by atoms with Crippen molar-refractivity contribution in [2.24, 2.45) is 4.99 Å². The molecule has 0 spiro atoms. The molecule has 0 amide bonds. The van der Waals surface area contributed by atoms with Gasteiger partial charge in [-0.1, -0.05) is 26.3 Å². The van der Waals surface area contributed by atoms with Crippen LogP contribution in [0.4, 0.5) is 0 Å². The summed E-state index contributed by atoms with van der Waals surface area (Å²) in [7, 11) is 0. The van der Waals surface area contributed by atoms with Gasteiger partial charge < -0.3 is 0 Å². The third kappa shape index (κ3) is 2.21. The lowest BCUT2D eigenvalue weighted by atomic mass is 10.0. The van der Waals surface area contributed by atoms with E-state index in [-0.39, 0.29) is 0 Å². The molecule has 0 unspecified atom stereocenters. The van der Waals surface area contributed by atoms with Crippen LogP contribution in [-0.2, 0) is 0 Å². The number of hydrogen-bond acceptors (Lipinski definition) is 2. The van der Waals surface area contributed by atoms with E-state index in [1.54, 1.807) is 6.20 Å². The number of allylic oxidation sites excluding steroid dienone is 2. The maximum atomic E-state index is 4.76. The van der Waals surface area contributed by atoms with Crippen molar-refractivity contribution >= 4 is 5.71 Å². The van der Waals surface area contributed by atoms with Crippen LogP contribution in [0.5, 0.6) is 0 Å². The fourth-order valence-electron chi connectivity index (χ4n) is 2.08. The molecule has 0 bridgehead atoms. The van der Waals surface area contributed by atoms with Crippen molar-refractivity contribution in [3.8, 4) is 0 Å². The van der Waals surface area contributed by atoms with Crippen molar-refractivity contribution in [1.29, 1.82) is 0 Å². The first-order chi connectivity index (χ1) is 7.85. The van der Waals surface area contributed by atoms with Crippen LogP contribution in [0, 0.1) is 0 Å². The second kappa shape index (κ2) is 5.06. The van der Waals surface area contributed by atoms with Crippen LogP contribution >= 0.6 is 0 Å². The van der Waals surface area contributed by atoms with E-state index in [2.05, 4.69) is 24.9 Å². The topological polar surface area (TPSA) is 25.2 Å². The summed E-state index contributed by atoms with van der Waals surface area (Å²) in [5, 5.41) is 0. The third-order valence-electron chi connectivity index (χ3n) is 2.97. The van der Waals surface area contributed by atoms with Crippen LogP contribution in [0.15, 0.2) is 40.8 Å². The molecule has 2 heteroatoms. The summed E-state index contributed by atoms with van der Waals surface area (Å²) in [4.78, 5) is 8.91. The highest BCUT2D eigenvalue weighted by Crippen LogP contribution is 2.28. The summed E-state index contributed by atoms with van der Waals surface area (Å²) in [6, 6.07) is 4.06. The zero-order valence-electron chi connectivity index (χ0n) is 10.0. The maximum Gasteiger partial charge on any atom is 0.0535 e. The average Bonchev–Trinajstić information content (AvgIpc) is 2.74. The van der Waals surface area contributed by atoms with Crippen LogP contribution in [0.2, 0.25) is 0 Å². The van der Waals surface area contributed by atoms with Gasteiger partial charge in [-0.2, -0.15) is 0 Å². The molecule has 1 aromatic heterocycles. The number of nitrogens with zero attached hydrogens (tertiary/aromatic N) is 2. The number of hydrogen-bond donors (Lipinski definition) is 0. The van der Waals surface area contributed by atoms with E-state index >= 15 is 0 Å². The lowest BCUT2D eigenvalue weighted by Crippen LogP contribution is -1.98. The van der Waals surface area contributed by atoms with Crippen LogP contribution in [-0.4, -0.2) is 10.7 Å². The summed E-state index contributed by atoms with van der Waals surface area (Å²) < 4.78 is 0. The first kappa shape index (κ1) is 11.1. The van der Waals surface area contributed by atoms with Gasteiger partial charge in [-0.25, -0.2) is 0 Å². The van der Waals surface area contributed by atoms with E-state index in [9.17, 15) is 0 Å². The molecule has 0 aliphatic carbocycles. The Hall–Kier alpha value is -1.44. The Morgan fingerprint density at radius 3 is 2.81 bits per heavy atom. The molecular weight excluding hydrogens is 196 g/mol. The fourth-order valence-corrected chi connectivity index (χ4v) is 2.08. The maximum absolute atomic E-state index is 4.76. The Labute approximate surface area is 97.1 Å². The van der Waals surface area contributed by atoms with E-state index < -0.39 is 0 Å². The van der Waals surface area contributed by atoms with Gasteiger partial charge in [0.1, 0.15) is 0 Å². The van der Waals surface area contributed by atoms with E-state index in [0.717, 1.165) is 19.3 Å². The van der Waals surface area contributed by atoms with Crippen LogP contribution in [0.25, 0.3) is 0 Å². The molecule has 0 saturated carbocycles. The van der Waals surface area contributed by atoms with Gasteiger partial charge in [-0.15, -0.1) is 0 Å². The van der Waals surface area contributed by atoms with Gasteiger partial charge in [0, 0.05) is 30.1 Å². The Balaban J connectivity index is 2.21. The van der Waals surface area contributed by atoms with Crippen molar-refractivity contribution in [3.05, 3.63) is 41.4 Å². The van der Waals surface area contributed by atoms with Crippen molar-refractivity contribution in [1.82, 2.24) is 4.98 Å². The number of pyridine rings is 1. The molecule has 2 heterocycles. The first-order valence-corrected chi connectivity index (χ1v) is 6.04. The molecule has 2 nitrogen and oxygen atoms in total. The van der Waals surface area contributed by atoms with Gasteiger partial charge in [0.2, 0.25) is 0 Å². The molecule has 0 radical (unpaired) electrons. The number of aliphatic imine (C=N–C) groups is 1. The zero-order chi connectivity index (χ0) is 11.4. The van der Waals surface area contributed by atoms with Gasteiger partial charge >= 0.3 is 0 Å². The molecular formula is C14H18N2. The van der Waals surface area contributed by atoms with E-state index in [1.807, 2.05) is 12.3 Å². The molecule has 0 atom stereocenters. The zero-order valence-corrected chi connectivity index (χ0v) is 10.0. The predicted octanol–water partition coefficient (Wildman–Crippen LogP) is 3.74. The standard InChI is InChI=1S/C14H18N2/c1-3-6-13-11(4-2)9-14(16-13)12-7-5-8-15-10-12/h5,7-8,10H,3-4,6,9H2,1-2H3. The minimum absolute atomic E-state index is 1.01. The Morgan fingerprint density at radius 2 is 2.19 bits per heavy atom. The van der Waals surface area contributed by atoms with E-state index in [0.29, 0.717) is 0 Å². The van der Waals surface area contributed by atoms with Crippen LogP contribution in [0.1, 0.15) is 45.1 Å². The SMILES string of the molecule is CCCC1=C(CC)CC(c2cccnc2)=N1. The molecule has 0 aromatic carbocycles. The largest absolute Gasteiger partial charge is 0.264 e. The minimum Gasteiger partial charge on any atom is -0.264 e. The second-order valence-electron chi connectivity index (χ2n) is 4.13. The molecule has 0 fully saturated rings. The molecule has 2 rings (SSSR count). The molecule has 1 aromatic rings. The summed E-state index contributed by atoms with van der Waals surface area (Å²) in [5.74, 6) is 0. The van der Waals surface area contributed by atoms with Crippen molar-refractivity contribution in [2.75, 3.05) is 0 Å². The third-order valence-corrected chi connectivity index (χ3v) is 2.97. The van der Waals surface area contributed by atoms with E-state index in [1.165, 1.54) is 29.0 Å². The molecule has 84 valence electrons. The Bertz CT molecular complexity index is 416. The lowest BCUT2D eigenvalue weighted by molar-refractivity contribution is 0.870. The van der Waals surface area contributed by atoms with E-state index in [4.69, 9.17) is 4.99 Å². The minimum atomic E-state index is 1.01. The van der Waals surface area contributed by atoms with Crippen molar-refractivity contribution in [3.63, 3.8) is 0 Å². The van der Waals surface area contributed by atoms with Crippen molar-refractivity contribution < 1.29 is 0 Å². The predicted molar refractivity (Wildman–Crippen MR) is 67.6 cm³/mol. The number of rotatable bonds is 4. The highest BCUT2D eigenvalue weighted by molar-refractivity contribution is 6.03. The molecule has 1 aliphatic heterocycles. The summed E-state index contributed by atoms with van der Waals surface area (Å²) in [5.41, 5.74) is 5.16. The molecule has 0 saturated heterocycles. The van der Waals surface area contributed by atoms with Gasteiger partial charge in [-0.05, 0) is 24.5 Å². The molecule has 1 aliphatic rings. The summed E-state index contributed by atoms with van der Waals surface area (Å²) >= 11 is 0. The smallest absolute Gasteiger partial charge is 0.0535 e. The van der Waals surface area contributed by atoms with Crippen LogP contribution < -0.4 is 0 Å². The van der Waals surface area contributed by atoms with Gasteiger partial charge in [-0.3, -0.25) is 9.98 Å². The Kier molecular flexibility index (Phi) is 3.50. The fraction of sp³-hybridized carbons (Fsp3) is 0.429. The number of aromatic nitrogens is 1. The normalized spacial score (nSPS) is 15.5. The lowest BCUT2D eigenvalue weighted by Gasteiger charge is -2.00. The van der Waals surface area contributed by atoms with Crippen LogP contribution in [0.3, 0.4) is 0 Å². The highest BCUT2D eigenvalue weighted by atomic mass is 14.8. The summed E-state index contributed by atoms with van der Waals surface area (Å²) in [6.45, 7) is 4.42. The second-order valence-corrected chi connectivity index (χ2v) is 4.13. The monoisotopic (exact) mass is 214 g/mol. The van der Waals surface area contributed by atoms with Gasteiger partial charge in [0.25, 0.3) is 0 Å². The van der Waals surface area contributed by atoms with Gasteiger partial charge in [0.15, 0.2) is 0 Å². The highest BCUT2D eigenvalue weighted by Gasteiger charge is 2.16. The van der Waals surface area contributed by atoms with Crippen molar-refractivity contribution in [2.45, 2.75) is 39.5 Å². The Morgan fingerprint density at radius 1 is 1.31 bits per heavy atom. The van der Waals surface area contributed by atoms with Gasteiger partial charge in [0.05, 0.1) is 5.71 Å². The molecule has 16 heavy (non-hydrogen) atoms.